The molecule has 0 amide bonds. The zero-order valence-corrected chi connectivity index (χ0v) is 18.4. The lowest BCUT2D eigenvalue weighted by atomic mass is 9.97. The fourth-order valence-electron chi connectivity index (χ4n) is 3.70. The minimum atomic E-state index is -0.584. The van der Waals surface area contributed by atoms with Gasteiger partial charge in [0.15, 0.2) is 11.7 Å². The number of ether oxygens (including phenoxy) is 2. The van der Waals surface area contributed by atoms with Crippen LogP contribution < -0.4 is 20.9 Å². The molecule has 0 atom stereocenters. The van der Waals surface area contributed by atoms with E-state index in [4.69, 9.17) is 31.4 Å². The lowest BCUT2D eigenvalue weighted by Gasteiger charge is -2.31. The molecular formula is C23H30FN5O4. The number of rotatable bonds is 10. The molecule has 1 aliphatic heterocycles. The molecule has 9 nitrogen and oxygen atoms in total. The Morgan fingerprint density at radius 1 is 0.970 bits per heavy atom. The molecule has 1 saturated heterocycles. The van der Waals surface area contributed by atoms with Crippen LogP contribution >= 0.6 is 0 Å². The highest BCUT2D eigenvalue weighted by atomic mass is 19.1. The maximum Gasteiger partial charge on any atom is 0.173 e. The Bertz CT molecular complexity index is 960. The van der Waals surface area contributed by atoms with Crippen LogP contribution in [0.2, 0.25) is 0 Å². The van der Waals surface area contributed by atoms with E-state index in [-0.39, 0.29) is 17.2 Å². The first-order chi connectivity index (χ1) is 16.0. The molecule has 178 valence electrons. The minimum absolute atomic E-state index is 0.0417. The van der Waals surface area contributed by atoms with E-state index in [0.29, 0.717) is 30.4 Å². The molecule has 6 N–H and O–H groups in total. The Hall–Kier alpha value is -3.53. The van der Waals surface area contributed by atoms with Crippen molar-refractivity contribution in [2.24, 2.45) is 27.7 Å². The third kappa shape index (κ3) is 6.98. The van der Waals surface area contributed by atoms with Crippen molar-refractivity contribution in [1.29, 1.82) is 0 Å². The van der Waals surface area contributed by atoms with Crippen LogP contribution in [0.4, 0.5) is 4.39 Å². The third-order valence-corrected chi connectivity index (χ3v) is 5.66. The van der Waals surface area contributed by atoms with Gasteiger partial charge in [0.1, 0.15) is 17.3 Å². The fourth-order valence-corrected chi connectivity index (χ4v) is 3.70. The number of oxime groups is 2. The van der Waals surface area contributed by atoms with Gasteiger partial charge in [-0.1, -0.05) is 10.3 Å². The predicted octanol–water partition coefficient (Wildman–Crippen LogP) is 2.57. The second-order valence-corrected chi connectivity index (χ2v) is 7.93. The summed E-state index contributed by atoms with van der Waals surface area (Å²) in [4.78, 5) is 2.41. The van der Waals surface area contributed by atoms with Crippen LogP contribution in [0.15, 0.2) is 52.8 Å². The zero-order valence-electron chi connectivity index (χ0n) is 18.4. The second kappa shape index (κ2) is 11.9. The molecule has 0 aromatic heterocycles. The van der Waals surface area contributed by atoms with Crippen molar-refractivity contribution in [3.05, 3.63) is 59.4 Å². The van der Waals surface area contributed by atoms with Crippen LogP contribution in [0.3, 0.4) is 0 Å². The van der Waals surface area contributed by atoms with Gasteiger partial charge in [-0.15, -0.1) is 0 Å². The smallest absolute Gasteiger partial charge is 0.173 e. The molecule has 3 rings (SSSR count). The van der Waals surface area contributed by atoms with Crippen molar-refractivity contribution in [3.63, 3.8) is 0 Å². The largest absolute Gasteiger partial charge is 0.494 e. The second-order valence-electron chi connectivity index (χ2n) is 7.93. The summed E-state index contributed by atoms with van der Waals surface area (Å²) in [6.07, 6.45) is 2.94. The van der Waals surface area contributed by atoms with Crippen molar-refractivity contribution in [2.75, 3.05) is 32.8 Å². The van der Waals surface area contributed by atoms with Crippen LogP contribution in [-0.4, -0.2) is 59.8 Å². The first-order valence-electron chi connectivity index (χ1n) is 10.8. The summed E-state index contributed by atoms with van der Waals surface area (Å²) in [5.41, 5.74) is 11.7. The number of amidine groups is 2. The van der Waals surface area contributed by atoms with E-state index in [1.165, 1.54) is 12.1 Å². The average Bonchev–Trinajstić information content (AvgIpc) is 2.85. The molecule has 0 spiro atoms. The molecule has 1 heterocycles. The molecular weight excluding hydrogens is 429 g/mol. The monoisotopic (exact) mass is 459 g/mol. The van der Waals surface area contributed by atoms with Crippen LogP contribution in [0.5, 0.6) is 11.5 Å². The van der Waals surface area contributed by atoms with Gasteiger partial charge in [-0.25, -0.2) is 4.39 Å². The highest BCUT2D eigenvalue weighted by Crippen LogP contribution is 2.21. The van der Waals surface area contributed by atoms with Gasteiger partial charge in [0.05, 0.1) is 18.8 Å². The third-order valence-electron chi connectivity index (χ3n) is 5.66. The summed E-state index contributed by atoms with van der Waals surface area (Å²) in [6, 6.07) is 11.4. The number of nitrogens with zero attached hydrogens (tertiary/aromatic N) is 3. The first-order valence-corrected chi connectivity index (χ1v) is 10.8. The van der Waals surface area contributed by atoms with Gasteiger partial charge in [0.25, 0.3) is 0 Å². The van der Waals surface area contributed by atoms with Crippen LogP contribution in [0, 0.1) is 11.7 Å². The van der Waals surface area contributed by atoms with E-state index in [2.05, 4.69) is 15.2 Å². The Morgan fingerprint density at radius 3 is 2.27 bits per heavy atom. The summed E-state index contributed by atoms with van der Waals surface area (Å²) in [7, 11) is 0. The molecule has 33 heavy (non-hydrogen) atoms. The molecule has 1 aliphatic rings. The van der Waals surface area contributed by atoms with Crippen molar-refractivity contribution < 1.29 is 24.3 Å². The summed E-state index contributed by atoms with van der Waals surface area (Å²) < 4.78 is 25.6. The molecule has 0 bridgehead atoms. The van der Waals surface area contributed by atoms with E-state index in [0.717, 1.165) is 44.6 Å². The van der Waals surface area contributed by atoms with E-state index < -0.39 is 5.82 Å². The molecule has 1 fully saturated rings. The van der Waals surface area contributed by atoms with E-state index >= 15 is 0 Å². The standard InChI is InChI=1S/C23H30FN5O4/c24-21-14-19(6-7-20(21)23(26)28-31)33-15-16-8-11-29(12-9-16)10-1-13-32-18-4-2-17(3-5-18)22(25)27-30/h2-7,14,16,30-31H,1,8-13,15H2,(H2,25,27)(H2,26,28). The van der Waals surface area contributed by atoms with Crippen molar-refractivity contribution in [1.82, 2.24) is 4.90 Å². The van der Waals surface area contributed by atoms with Crippen LogP contribution in [0.25, 0.3) is 0 Å². The van der Waals surface area contributed by atoms with Gasteiger partial charge in [0.2, 0.25) is 0 Å². The number of likely N-dealkylation sites (tertiary alicyclic amines) is 1. The van der Waals surface area contributed by atoms with Gasteiger partial charge in [0, 0.05) is 18.2 Å². The molecule has 0 unspecified atom stereocenters. The number of hydrogen-bond acceptors (Lipinski definition) is 7. The normalized spacial score (nSPS) is 16.0. The number of hydrogen-bond donors (Lipinski definition) is 4. The van der Waals surface area contributed by atoms with Crippen LogP contribution in [-0.2, 0) is 0 Å². The van der Waals surface area contributed by atoms with Gasteiger partial charge in [-0.2, -0.15) is 0 Å². The van der Waals surface area contributed by atoms with E-state index in [9.17, 15) is 4.39 Å². The van der Waals surface area contributed by atoms with E-state index in [1.807, 2.05) is 0 Å². The summed E-state index contributed by atoms with van der Waals surface area (Å²) in [6.45, 7) is 4.06. The minimum Gasteiger partial charge on any atom is -0.494 e. The first kappa shape index (κ1) is 24.1. The zero-order chi connectivity index (χ0) is 23.6. The number of piperidine rings is 1. The van der Waals surface area contributed by atoms with Crippen molar-refractivity contribution >= 4 is 11.7 Å². The van der Waals surface area contributed by atoms with Gasteiger partial charge in [-0.05, 0) is 74.7 Å². The molecule has 0 aliphatic carbocycles. The van der Waals surface area contributed by atoms with E-state index in [1.54, 1.807) is 30.3 Å². The maximum atomic E-state index is 14.0. The molecule has 0 saturated carbocycles. The SMILES string of the molecule is N/C(=N\O)c1ccc(OCCCN2CCC(COc3ccc(/C(N)=N/O)c(F)c3)CC2)cc1. The Balaban J connectivity index is 1.32. The molecule has 10 heteroatoms. The van der Waals surface area contributed by atoms with Gasteiger partial charge in [-0.3, -0.25) is 0 Å². The molecule has 0 radical (unpaired) electrons. The molecule has 2 aromatic rings. The number of halogens is 1. The molecule has 2 aromatic carbocycles. The maximum absolute atomic E-state index is 14.0. The summed E-state index contributed by atoms with van der Waals surface area (Å²) >= 11 is 0. The Morgan fingerprint density at radius 2 is 1.64 bits per heavy atom. The quantitative estimate of drug-likeness (QED) is 0.141. The lowest BCUT2D eigenvalue weighted by molar-refractivity contribution is 0.135. The van der Waals surface area contributed by atoms with Crippen molar-refractivity contribution in [3.8, 4) is 11.5 Å². The van der Waals surface area contributed by atoms with Crippen LogP contribution in [0.1, 0.15) is 30.4 Å². The number of benzene rings is 2. The Kier molecular flexibility index (Phi) is 8.71. The summed E-state index contributed by atoms with van der Waals surface area (Å²) in [5.74, 6) is 0.806. The highest BCUT2D eigenvalue weighted by molar-refractivity contribution is 5.97. The average molecular weight is 460 g/mol. The predicted molar refractivity (Wildman–Crippen MR) is 123 cm³/mol. The Labute approximate surface area is 192 Å². The number of nitrogens with two attached hydrogens (primary N) is 2. The van der Waals surface area contributed by atoms with Crippen molar-refractivity contribution in [2.45, 2.75) is 19.3 Å². The lowest BCUT2D eigenvalue weighted by Crippen LogP contribution is -2.36. The topological polar surface area (TPSA) is 139 Å². The van der Waals surface area contributed by atoms with Gasteiger partial charge < -0.3 is 36.3 Å². The fraction of sp³-hybridized carbons (Fsp3) is 0.391. The van der Waals surface area contributed by atoms with Gasteiger partial charge >= 0.3 is 0 Å². The summed E-state index contributed by atoms with van der Waals surface area (Å²) in [5, 5.41) is 23.1. The highest BCUT2D eigenvalue weighted by Gasteiger charge is 2.20.